The third-order valence-electron chi connectivity index (χ3n) is 3.27. The normalized spacial score (nSPS) is 17.4. The molecule has 0 spiro atoms. The van der Waals surface area contributed by atoms with Gasteiger partial charge in [0.25, 0.3) is 5.91 Å². The average molecular weight is 233 g/mol. The number of hydrogen-bond donors (Lipinski definition) is 2. The van der Waals surface area contributed by atoms with E-state index >= 15 is 0 Å². The first-order chi connectivity index (χ1) is 8.27. The lowest BCUT2D eigenvalue weighted by Crippen LogP contribution is -2.34. The van der Waals surface area contributed by atoms with Crippen LogP contribution in [0, 0.1) is 0 Å². The maximum atomic E-state index is 12.0. The Kier molecular flexibility index (Phi) is 3.96. The molecule has 0 aliphatic heterocycles. The van der Waals surface area contributed by atoms with Gasteiger partial charge in [0.05, 0.1) is 5.56 Å². The minimum Gasteiger partial charge on any atom is -0.383 e. The van der Waals surface area contributed by atoms with Crippen molar-refractivity contribution in [2.45, 2.75) is 44.6 Å². The van der Waals surface area contributed by atoms with Crippen LogP contribution in [0.25, 0.3) is 0 Å². The van der Waals surface area contributed by atoms with Crippen molar-refractivity contribution in [1.82, 2.24) is 10.3 Å². The van der Waals surface area contributed by atoms with Crippen LogP contribution in [0.1, 0.15) is 48.9 Å². The molecule has 1 aliphatic carbocycles. The number of nitrogens with one attached hydrogen (secondary N) is 1. The summed E-state index contributed by atoms with van der Waals surface area (Å²) in [5.41, 5.74) is 6.17. The summed E-state index contributed by atoms with van der Waals surface area (Å²) >= 11 is 0. The molecule has 1 aromatic rings. The Balaban J connectivity index is 1.98. The Bertz CT molecular complexity index is 384. The third-order valence-corrected chi connectivity index (χ3v) is 3.27. The third kappa shape index (κ3) is 3.19. The number of nitrogens with zero attached hydrogens (tertiary/aromatic N) is 1. The highest BCUT2D eigenvalue weighted by molar-refractivity contribution is 5.98. The van der Waals surface area contributed by atoms with Gasteiger partial charge in [0.15, 0.2) is 0 Å². The van der Waals surface area contributed by atoms with Gasteiger partial charge in [-0.15, -0.1) is 0 Å². The van der Waals surface area contributed by atoms with Crippen LogP contribution in [-0.4, -0.2) is 16.9 Å². The second-order valence-corrected chi connectivity index (χ2v) is 4.60. The number of hydrogen-bond acceptors (Lipinski definition) is 3. The van der Waals surface area contributed by atoms with Gasteiger partial charge in [-0.05, 0) is 25.0 Å². The van der Waals surface area contributed by atoms with E-state index in [0.29, 0.717) is 17.4 Å². The van der Waals surface area contributed by atoms with E-state index < -0.39 is 0 Å². The highest BCUT2D eigenvalue weighted by Gasteiger charge is 2.17. The Morgan fingerprint density at radius 2 is 2.00 bits per heavy atom. The van der Waals surface area contributed by atoms with Crippen molar-refractivity contribution in [2.24, 2.45) is 0 Å². The fourth-order valence-electron chi connectivity index (χ4n) is 2.30. The molecule has 92 valence electrons. The zero-order valence-corrected chi connectivity index (χ0v) is 9.98. The molecular formula is C13H19N3O. The van der Waals surface area contributed by atoms with Crippen molar-refractivity contribution >= 4 is 11.7 Å². The van der Waals surface area contributed by atoms with Crippen molar-refractivity contribution in [3.8, 4) is 0 Å². The van der Waals surface area contributed by atoms with Gasteiger partial charge in [-0.2, -0.15) is 0 Å². The maximum Gasteiger partial charge on any atom is 0.255 e. The molecule has 0 saturated heterocycles. The molecule has 0 aromatic carbocycles. The van der Waals surface area contributed by atoms with Gasteiger partial charge in [-0.3, -0.25) is 4.79 Å². The van der Waals surface area contributed by atoms with Crippen LogP contribution in [0.2, 0.25) is 0 Å². The molecule has 17 heavy (non-hydrogen) atoms. The molecule has 1 fully saturated rings. The van der Waals surface area contributed by atoms with Crippen molar-refractivity contribution in [2.75, 3.05) is 5.73 Å². The van der Waals surface area contributed by atoms with Crippen molar-refractivity contribution in [3.05, 3.63) is 23.9 Å². The minimum atomic E-state index is -0.0949. The molecule has 2 rings (SSSR count). The molecule has 4 heteroatoms. The first-order valence-corrected chi connectivity index (χ1v) is 6.29. The van der Waals surface area contributed by atoms with E-state index in [1.165, 1.54) is 25.7 Å². The van der Waals surface area contributed by atoms with E-state index in [0.717, 1.165) is 12.8 Å². The van der Waals surface area contributed by atoms with E-state index in [1.54, 1.807) is 18.3 Å². The molecule has 1 saturated carbocycles. The predicted octanol–water partition coefficient (Wildman–Crippen LogP) is 2.12. The second-order valence-electron chi connectivity index (χ2n) is 4.60. The average Bonchev–Trinajstić information content (AvgIpc) is 2.58. The lowest BCUT2D eigenvalue weighted by atomic mass is 10.1. The zero-order chi connectivity index (χ0) is 12.1. The summed E-state index contributed by atoms with van der Waals surface area (Å²) in [5, 5.41) is 3.06. The Morgan fingerprint density at radius 3 is 2.65 bits per heavy atom. The number of pyridine rings is 1. The molecule has 0 unspecified atom stereocenters. The highest BCUT2D eigenvalue weighted by Crippen LogP contribution is 2.18. The Morgan fingerprint density at radius 1 is 1.29 bits per heavy atom. The van der Waals surface area contributed by atoms with Crippen LogP contribution < -0.4 is 11.1 Å². The second kappa shape index (κ2) is 5.66. The van der Waals surface area contributed by atoms with E-state index in [2.05, 4.69) is 10.3 Å². The number of amides is 1. The molecule has 0 atom stereocenters. The maximum absolute atomic E-state index is 12.0. The van der Waals surface area contributed by atoms with E-state index in [4.69, 9.17) is 5.73 Å². The van der Waals surface area contributed by atoms with Crippen LogP contribution in [0.5, 0.6) is 0 Å². The topological polar surface area (TPSA) is 68.0 Å². The van der Waals surface area contributed by atoms with Crippen LogP contribution in [-0.2, 0) is 0 Å². The first kappa shape index (κ1) is 11.9. The van der Waals surface area contributed by atoms with Gasteiger partial charge < -0.3 is 11.1 Å². The summed E-state index contributed by atoms with van der Waals surface area (Å²) in [5.74, 6) is 0.209. The highest BCUT2D eigenvalue weighted by atomic mass is 16.1. The molecule has 1 heterocycles. The van der Waals surface area contributed by atoms with Gasteiger partial charge in [0.1, 0.15) is 5.82 Å². The fourth-order valence-corrected chi connectivity index (χ4v) is 2.30. The van der Waals surface area contributed by atoms with Crippen molar-refractivity contribution in [3.63, 3.8) is 0 Å². The number of nitrogen functional groups attached to an aromatic ring is 1. The monoisotopic (exact) mass is 233 g/mol. The Labute approximate surface area is 102 Å². The summed E-state index contributed by atoms with van der Waals surface area (Å²) in [6.45, 7) is 0. The standard InChI is InChI=1S/C13H19N3O/c14-12-11(8-5-9-15-12)13(17)16-10-6-3-1-2-4-7-10/h5,8-10H,1-4,6-7H2,(H2,14,15)(H,16,17). The lowest BCUT2D eigenvalue weighted by molar-refractivity contribution is 0.0934. The number of anilines is 1. The van der Waals surface area contributed by atoms with Crippen molar-refractivity contribution in [1.29, 1.82) is 0 Å². The number of rotatable bonds is 2. The predicted molar refractivity (Wildman–Crippen MR) is 67.6 cm³/mol. The van der Waals surface area contributed by atoms with Crippen LogP contribution >= 0.6 is 0 Å². The van der Waals surface area contributed by atoms with E-state index in [-0.39, 0.29) is 5.91 Å². The number of nitrogens with two attached hydrogens (primary N) is 1. The summed E-state index contributed by atoms with van der Waals surface area (Å²) in [6, 6.07) is 3.75. The first-order valence-electron chi connectivity index (χ1n) is 6.29. The smallest absolute Gasteiger partial charge is 0.255 e. The fraction of sp³-hybridized carbons (Fsp3) is 0.538. The molecule has 0 radical (unpaired) electrons. The molecule has 3 N–H and O–H groups in total. The van der Waals surface area contributed by atoms with Crippen LogP contribution in [0.3, 0.4) is 0 Å². The molecule has 1 aliphatic rings. The molecular weight excluding hydrogens is 214 g/mol. The lowest BCUT2D eigenvalue weighted by Gasteiger charge is -2.16. The number of carbonyl (C=O) groups excluding carboxylic acids is 1. The van der Waals surface area contributed by atoms with Gasteiger partial charge in [-0.1, -0.05) is 25.7 Å². The summed E-state index contributed by atoms with van der Waals surface area (Å²) < 4.78 is 0. The van der Waals surface area contributed by atoms with Crippen molar-refractivity contribution < 1.29 is 4.79 Å². The summed E-state index contributed by atoms with van der Waals surface area (Å²) in [7, 11) is 0. The minimum absolute atomic E-state index is 0.0949. The van der Waals surface area contributed by atoms with Gasteiger partial charge >= 0.3 is 0 Å². The SMILES string of the molecule is Nc1ncccc1C(=O)NC1CCCCCC1. The van der Waals surface area contributed by atoms with Gasteiger partial charge in [-0.25, -0.2) is 4.98 Å². The molecule has 4 nitrogen and oxygen atoms in total. The van der Waals surface area contributed by atoms with Gasteiger partial charge in [0.2, 0.25) is 0 Å². The Hall–Kier alpha value is -1.58. The quantitative estimate of drug-likeness (QED) is 0.769. The van der Waals surface area contributed by atoms with Gasteiger partial charge in [0, 0.05) is 12.2 Å². The number of aromatic nitrogens is 1. The summed E-state index contributed by atoms with van der Waals surface area (Å²) in [4.78, 5) is 15.9. The largest absolute Gasteiger partial charge is 0.383 e. The van der Waals surface area contributed by atoms with E-state index in [1.807, 2.05) is 0 Å². The van der Waals surface area contributed by atoms with Crippen LogP contribution in [0.4, 0.5) is 5.82 Å². The molecule has 1 aromatic heterocycles. The van der Waals surface area contributed by atoms with Crippen LogP contribution in [0.15, 0.2) is 18.3 Å². The summed E-state index contributed by atoms with van der Waals surface area (Å²) in [6.07, 6.45) is 8.71. The molecule has 1 amide bonds. The number of carbonyl (C=O) groups is 1. The zero-order valence-electron chi connectivity index (χ0n) is 9.98. The van der Waals surface area contributed by atoms with E-state index in [9.17, 15) is 4.79 Å². The molecule has 0 bridgehead atoms.